The van der Waals surface area contributed by atoms with Crippen LogP contribution in [0.1, 0.15) is 22.6 Å². The summed E-state index contributed by atoms with van der Waals surface area (Å²) in [6.45, 7) is 5.80. The van der Waals surface area contributed by atoms with E-state index in [1.54, 1.807) is 6.21 Å². The molecule has 0 radical (unpaired) electrons. The SMILES string of the molecule is Cc1ccc(-n2[nH]c(C)c(C=Nc3ccc4nc(C)[nH]c4c3)c2=O)cc1. The molecule has 4 aromatic rings. The Kier molecular flexibility index (Phi) is 3.80. The van der Waals surface area contributed by atoms with Gasteiger partial charge in [-0.2, -0.15) is 0 Å². The zero-order chi connectivity index (χ0) is 18.3. The summed E-state index contributed by atoms with van der Waals surface area (Å²) in [6.07, 6.45) is 1.61. The van der Waals surface area contributed by atoms with E-state index in [2.05, 4.69) is 20.1 Å². The van der Waals surface area contributed by atoms with Crippen LogP contribution < -0.4 is 5.56 Å². The molecule has 6 heteroatoms. The second-order valence-electron chi connectivity index (χ2n) is 6.41. The summed E-state index contributed by atoms with van der Waals surface area (Å²) in [5.74, 6) is 0.864. The fourth-order valence-corrected chi connectivity index (χ4v) is 2.93. The van der Waals surface area contributed by atoms with E-state index in [0.717, 1.165) is 39.5 Å². The molecule has 2 aromatic heterocycles. The number of aryl methyl sites for hydroxylation is 3. The molecule has 0 aliphatic carbocycles. The lowest BCUT2D eigenvalue weighted by Crippen LogP contribution is -2.17. The van der Waals surface area contributed by atoms with Crippen LogP contribution in [0.4, 0.5) is 5.69 Å². The van der Waals surface area contributed by atoms with E-state index >= 15 is 0 Å². The molecular weight excluding hydrogens is 326 g/mol. The Labute approximate surface area is 150 Å². The van der Waals surface area contributed by atoms with Crippen molar-refractivity contribution in [1.82, 2.24) is 19.7 Å². The fraction of sp³-hybridized carbons (Fsp3) is 0.150. The third-order valence-electron chi connectivity index (χ3n) is 4.34. The predicted octanol–water partition coefficient (Wildman–Crippen LogP) is 3.72. The van der Waals surface area contributed by atoms with Gasteiger partial charge in [-0.15, -0.1) is 0 Å². The van der Waals surface area contributed by atoms with E-state index in [-0.39, 0.29) is 5.56 Å². The number of aliphatic imine (C=N–C) groups is 1. The molecule has 0 atom stereocenters. The van der Waals surface area contributed by atoms with Gasteiger partial charge < -0.3 is 4.98 Å². The minimum Gasteiger partial charge on any atom is -0.342 e. The van der Waals surface area contributed by atoms with Crippen molar-refractivity contribution in [2.75, 3.05) is 0 Å². The lowest BCUT2D eigenvalue weighted by Gasteiger charge is -2.01. The third-order valence-corrected chi connectivity index (χ3v) is 4.34. The van der Waals surface area contributed by atoms with Crippen molar-refractivity contribution in [2.45, 2.75) is 20.8 Å². The first-order valence-corrected chi connectivity index (χ1v) is 8.40. The summed E-state index contributed by atoms with van der Waals surface area (Å²) in [4.78, 5) is 24.8. The molecule has 2 aromatic carbocycles. The molecule has 26 heavy (non-hydrogen) atoms. The predicted molar refractivity (Wildman–Crippen MR) is 104 cm³/mol. The van der Waals surface area contributed by atoms with Crippen LogP contribution in [0.2, 0.25) is 0 Å². The van der Waals surface area contributed by atoms with E-state index in [1.807, 2.05) is 63.2 Å². The number of imidazole rings is 1. The zero-order valence-corrected chi connectivity index (χ0v) is 14.9. The van der Waals surface area contributed by atoms with Crippen LogP contribution >= 0.6 is 0 Å². The average Bonchev–Trinajstić information content (AvgIpc) is 3.12. The molecule has 130 valence electrons. The molecule has 6 nitrogen and oxygen atoms in total. The van der Waals surface area contributed by atoms with E-state index in [4.69, 9.17) is 0 Å². The molecule has 0 saturated heterocycles. The number of H-pyrrole nitrogens is 2. The Bertz CT molecular complexity index is 1180. The molecule has 0 amide bonds. The van der Waals surface area contributed by atoms with Gasteiger partial charge in [0.25, 0.3) is 5.56 Å². The van der Waals surface area contributed by atoms with Gasteiger partial charge in [0.1, 0.15) is 5.82 Å². The number of hydrogen-bond donors (Lipinski definition) is 2. The summed E-state index contributed by atoms with van der Waals surface area (Å²) in [6, 6.07) is 13.5. The van der Waals surface area contributed by atoms with Gasteiger partial charge >= 0.3 is 0 Å². The van der Waals surface area contributed by atoms with Crippen LogP contribution in [0.3, 0.4) is 0 Å². The Morgan fingerprint density at radius 3 is 2.62 bits per heavy atom. The highest BCUT2D eigenvalue weighted by molar-refractivity contribution is 5.85. The van der Waals surface area contributed by atoms with Crippen LogP contribution in [-0.4, -0.2) is 26.0 Å². The lowest BCUT2D eigenvalue weighted by atomic mass is 10.2. The second kappa shape index (κ2) is 6.15. The fourth-order valence-electron chi connectivity index (χ4n) is 2.93. The molecule has 0 aliphatic heterocycles. The summed E-state index contributed by atoms with van der Waals surface area (Å²) in [5.41, 5.74) is 5.76. The molecule has 0 saturated carbocycles. The first-order valence-electron chi connectivity index (χ1n) is 8.40. The Morgan fingerprint density at radius 2 is 1.85 bits per heavy atom. The molecular formula is C20H19N5O. The highest BCUT2D eigenvalue weighted by atomic mass is 16.1. The molecule has 2 heterocycles. The minimum atomic E-state index is -0.117. The van der Waals surface area contributed by atoms with Gasteiger partial charge in [-0.05, 0) is 51.1 Å². The third kappa shape index (κ3) is 2.86. The number of nitrogens with one attached hydrogen (secondary N) is 2. The lowest BCUT2D eigenvalue weighted by molar-refractivity contribution is 0.835. The number of aromatic nitrogens is 4. The van der Waals surface area contributed by atoms with Crippen LogP contribution in [0.25, 0.3) is 16.7 Å². The first kappa shape index (κ1) is 16.1. The molecule has 0 aliphatic rings. The molecule has 0 unspecified atom stereocenters. The van der Waals surface area contributed by atoms with Crippen LogP contribution in [0.5, 0.6) is 0 Å². The average molecular weight is 345 g/mol. The van der Waals surface area contributed by atoms with Gasteiger partial charge in [0.2, 0.25) is 0 Å². The van der Waals surface area contributed by atoms with E-state index in [0.29, 0.717) is 5.56 Å². The summed E-state index contributed by atoms with van der Waals surface area (Å²) < 4.78 is 1.54. The van der Waals surface area contributed by atoms with Crippen molar-refractivity contribution in [3.05, 3.63) is 75.5 Å². The minimum absolute atomic E-state index is 0.117. The van der Waals surface area contributed by atoms with Gasteiger partial charge in [0.05, 0.1) is 28.0 Å². The largest absolute Gasteiger partial charge is 0.342 e. The van der Waals surface area contributed by atoms with Crippen LogP contribution in [-0.2, 0) is 0 Å². The van der Waals surface area contributed by atoms with Crippen molar-refractivity contribution in [3.63, 3.8) is 0 Å². The molecule has 2 N–H and O–H groups in total. The normalized spacial score (nSPS) is 11.7. The van der Waals surface area contributed by atoms with Crippen molar-refractivity contribution in [3.8, 4) is 5.69 Å². The van der Waals surface area contributed by atoms with E-state index in [9.17, 15) is 4.79 Å². The highest BCUT2D eigenvalue weighted by Gasteiger charge is 2.10. The molecule has 0 spiro atoms. The topological polar surface area (TPSA) is 78.8 Å². The van der Waals surface area contributed by atoms with E-state index in [1.165, 1.54) is 4.68 Å². The quantitative estimate of drug-likeness (QED) is 0.555. The summed E-state index contributed by atoms with van der Waals surface area (Å²) in [5, 5.41) is 3.11. The number of nitrogens with zero attached hydrogens (tertiary/aromatic N) is 3. The summed E-state index contributed by atoms with van der Waals surface area (Å²) >= 11 is 0. The second-order valence-corrected chi connectivity index (χ2v) is 6.41. The maximum Gasteiger partial charge on any atom is 0.280 e. The van der Waals surface area contributed by atoms with Gasteiger partial charge in [-0.1, -0.05) is 17.7 Å². The van der Waals surface area contributed by atoms with Crippen LogP contribution in [0, 0.1) is 20.8 Å². The smallest absolute Gasteiger partial charge is 0.280 e. The van der Waals surface area contributed by atoms with Gasteiger partial charge in [-0.25, -0.2) is 9.67 Å². The van der Waals surface area contributed by atoms with Crippen molar-refractivity contribution in [1.29, 1.82) is 0 Å². The molecule has 4 rings (SSSR count). The van der Waals surface area contributed by atoms with Gasteiger partial charge in [-0.3, -0.25) is 14.9 Å². The Hall–Kier alpha value is -3.41. The Morgan fingerprint density at radius 1 is 1.08 bits per heavy atom. The van der Waals surface area contributed by atoms with Crippen molar-refractivity contribution >= 4 is 22.9 Å². The van der Waals surface area contributed by atoms with E-state index < -0.39 is 0 Å². The highest BCUT2D eigenvalue weighted by Crippen LogP contribution is 2.19. The van der Waals surface area contributed by atoms with Gasteiger partial charge in [0, 0.05) is 11.9 Å². The number of fused-ring (bicyclic) bond motifs is 1. The van der Waals surface area contributed by atoms with Crippen LogP contribution in [0.15, 0.2) is 52.3 Å². The van der Waals surface area contributed by atoms with Gasteiger partial charge in [0.15, 0.2) is 0 Å². The maximum absolute atomic E-state index is 12.7. The zero-order valence-electron chi connectivity index (χ0n) is 14.9. The standard InChI is InChI=1S/C20H19N5O/c1-12-4-7-16(8-5-12)25-20(26)17(13(2)24-25)11-21-15-6-9-18-19(10-15)23-14(3)22-18/h4-11,24H,1-3H3,(H,22,23). The number of rotatable bonds is 3. The Balaban J connectivity index is 1.70. The number of hydrogen-bond acceptors (Lipinski definition) is 3. The maximum atomic E-state index is 12.7. The molecule has 0 bridgehead atoms. The first-order chi connectivity index (χ1) is 12.5. The molecule has 0 fully saturated rings. The number of benzene rings is 2. The van der Waals surface area contributed by atoms with Crippen molar-refractivity contribution in [2.24, 2.45) is 4.99 Å². The summed E-state index contributed by atoms with van der Waals surface area (Å²) in [7, 11) is 0. The number of aromatic amines is 2. The monoisotopic (exact) mass is 345 g/mol. The van der Waals surface area contributed by atoms with Crippen molar-refractivity contribution < 1.29 is 0 Å².